The maximum absolute atomic E-state index is 9.57. The fraction of sp³-hybridized carbons (Fsp3) is 0.158. The van der Waals surface area contributed by atoms with Crippen LogP contribution >= 0.6 is 0 Å². The van der Waals surface area contributed by atoms with E-state index in [-0.39, 0.29) is 12.6 Å². The smallest absolute Gasteiger partial charge is 0.0626 e. The zero-order valence-corrected chi connectivity index (χ0v) is 11.9. The summed E-state index contributed by atoms with van der Waals surface area (Å²) in [5.74, 6) is 0. The first-order valence-electron chi connectivity index (χ1n) is 7.24. The van der Waals surface area contributed by atoms with Crippen molar-refractivity contribution in [3.05, 3.63) is 83.9 Å². The average Bonchev–Trinajstić information content (AvgIpc) is 2.56. The van der Waals surface area contributed by atoms with E-state index in [1.54, 1.807) is 0 Å². The minimum atomic E-state index is -0.0299. The van der Waals surface area contributed by atoms with Crippen molar-refractivity contribution in [3.8, 4) is 0 Å². The van der Waals surface area contributed by atoms with Crippen molar-refractivity contribution in [1.29, 1.82) is 0 Å². The zero-order valence-electron chi connectivity index (χ0n) is 11.9. The van der Waals surface area contributed by atoms with Crippen molar-refractivity contribution in [1.82, 2.24) is 5.32 Å². The fourth-order valence-corrected chi connectivity index (χ4v) is 2.56. The maximum Gasteiger partial charge on any atom is 0.0626 e. The molecule has 0 saturated carbocycles. The van der Waals surface area contributed by atoms with Crippen molar-refractivity contribution < 1.29 is 5.11 Å². The number of hydrogen-bond donors (Lipinski definition) is 2. The van der Waals surface area contributed by atoms with E-state index in [9.17, 15) is 5.11 Å². The van der Waals surface area contributed by atoms with Gasteiger partial charge in [-0.1, -0.05) is 66.7 Å². The molecule has 0 aromatic heterocycles. The molecule has 3 aromatic rings. The van der Waals surface area contributed by atoms with Gasteiger partial charge in [0.1, 0.15) is 0 Å². The van der Waals surface area contributed by atoms with Crippen LogP contribution < -0.4 is 5.32 Å². The first-order valence-corrected chi connectivity index (χ1v) is 7.24. The third kappa shape index (κ3) is 3.30. The van der Waals surface area contributed by atoms with E-state index < -0.39 is 0 Å². The summed E-state index contributed by atoms with van der Waals surface area (Å²) < 4.78 is 0. The second-order valence-corrected chi connectivity index (χ2v) is 5.21. The predicted molar refractivity (Wildman–Crippen MR) is 87.1 cm³/mol. The molecule has 0 aliphatic rings. The Morgan fingerprint density at radius 3 is 2.29 bits per heavy atom. The normalized spacial score (nSPS) is 12.4. The van der Waals surface area contributed by atoms with E-state index in [1.165, 1.54) is 16.3 Å². The van der Waals surface area contributed by atoms with Crippen molar-refractivity contribution in [2.24, 2.45) is 0 Å². The highest BCUT2D eigenvalue weighted by molar-refractivity contribution is 5.82. The van der Waals surface area contributed by atoms with Gasteiger partial charge in [-0.2, -0.15) is 0 Å². The van der Waals surface area contributed by atoms with Gasteiger partial charge < -0.3 is 10.4 Å². The number of aliphatic hydroxyl groups excluding tert-OH is 1. The average molecular weight is 277 g/mol. The summed E-state index contributed by atoms with van der Waals surface area (Å²) >= 11 is 0. The van der Waals surface area contributed by atoms with Crippen LogP contribution in [0.4, 0.5) is 0 Å². The third-order valence-corrected chi connectivity index (χ3v) is 3.75. The lowest BCUT2D eigenvalue weighted by Crippen LogP contribution is -2.23. The predicted octanol–water partition coefficient (Wildman–Crippen LogP) is 3.66. The molecule has 2 heteroatoms. The second kappa shape index (κ2) is 6.53. The lowest BCUT2D eigenvalue weighted by Gasteiger charge is -2.17. The Hall–Kier alpha value is -2.16. The SMILES string of the molecule is OC[C@H](NCc1ccc2ccccc2c1)c1ccccc1. The molecule has 0 fully saturated rings. The summed E-state index contributed by atoms with van der Waals surface area (Å²) in [6, 6.07) is 24.8. The van der Waals surface area contributed by atoms with Gasteiger partial charge in [-0.3, -0.25) is 0 Å². The lowest BCUT2D eigenvalue weighted by atomic mass is 10.1. The quantitative estimate of drug-likeness (QED) is 0.746. The van der Waals surface area contributed by atoms with Gasteiger partial charge in [-0.05, 0) is 28.0 Å². The van der Waals surface area contributed by atoms with E-state index in [0.29, 0.717) is 0 Å². The Balaban J connectivity index is 1.73. The van der Waals surface area contributed by atoms with Crippen molar-refractivity contribution in [2.75, 3.05) is 6.61 Å². The van der Waals surface area contributed by atoms with Crippen LogP contribution in [0.3, 0.4) is 0 Å². The van der Waals surface area contributed by atoms with Gasteiger partial charge in [0.25, 0.3) is 0 Å². The molecule has 3 aromatic carbocycles. The minimum absolute atomic E-state index is 0.0299. The van der Waals surface area contributed by atoms with Crippen LogP contribution in [0.15, 0.2) is 72.8 Å². The molecule has 106 valence electrons. The molecule has 0 aliphatic carbocycles. The van der Waals surface area contributed by atoms with Crippen LogP contribution in [0.5, 0.6) is 0 Å². The molecule has 0 saturated heterocycles. The van der Waals surface area contributed by atoms with E-state index in [2.05, 4.69) is 47.8 Å². The van der Waals surface area contributed by atoms with E-state index in [0.717, 1.165) is 12.1 Å². The Morgan fingerprint density at radius 1 is 0.810 bits per heavy atom. The van der Waals surface area contributed by atoms with Gasteiger partial charge in [-0.25, -0.2) is 0 Å². The largest absolute Gasteiger partial charge is 0.394 e. The number of rotatable bonds is 5. The topological polar surface area (TPSA) is 32.3 Å². The molecule has 0 amide bonds. The summed E-state index contributed by atoms with van der Waals surface area (Å²) in [6.45, 7) is 0.836. The van der Waals surface area contributed by atoms with Gasteiger partial charge in [0.15, 0.2) is 0 Å². The molecule has 1 atom stereocenters. The van der Waals surface area contributed by atoms with Crippen LogP contribution in [0, 0.1) is 0 Å². The Kier molecular flexibility index (Phi) is 4.29. The molecule has 0 aliphatic heterocycles. The van der Waals surface area contributed by atoms with Gasteiger partial charge in [0.05, 0.1) is 12.6 Å². The Bertz CT molecular complexity index is 709. The van der Waals surface area contributed by atoms with E-state index in [4.69, 9.17) is 0 Å². The fourth-order valence-electron chi connectivity index (χ4n) is 2.56. The summed E-state index contributed by atoms with van der Waals surface area (Å²) in [5, 5.41) is 15.5. The Labute approximate surface area is 125 Å². The highest BCUT2D eigenvalue weighted by Crippen LogP contribution is 2.17. The molecule has 21 heavy (non-hydrogen) atoms. The lowest BCUT2D eigenvalue weighted by molar-refractivity contribution is 0.243. The van der Waals surface area contributed by atoms with Gasteiger partial charge in [-0.15, -0.1) is 0 Å². The van der Waals surface area contributed by atoms with Crippen LogP contribution in [-0.4, -0.2) is 11.7 Å². The maximum atomic E-state index is 9.57. The van der Waals surface area contributed by atoms with Gasteiger partial charge in [0.2, 0.25) is 0 Å². The number of aliphatic hydroxyl groups is 1. The molecule has 0 heterocycles. The highest BCUT2D eigenvalue weighted by Gasteiger charge is 2.08. The molecule has 0 radical (unpaired) electrons. The molecule has 3 rings (SSSR count). The zero-order chi connectivity index (χ0) is 14.5. The van der Waals surface area contributed by atoms with Crippen LogP contribution in [0.2, 0.25) is 0 Å². The van der Waals surface area contributed by atoms with Gasteiger partial charge in [0, 0.05) is 6.54 Å². The summed E-state index contributed by atoms with van der Waals surface area (Å²) in [7, 11) is 0. The van der Waals surface area contributed by atoms with Crippen molar-refractivity contribution in [2.45, 2.75) is 12.6 Å². The summed E-state index contributed by atoms with van der Waals surface area (Å²) in [4.78, 5) is 0. The molecular formula is C19H19NO. The van der Waals surface area contributed by atoms with Crippen LogP contribution in [0.1, 0.15) is 17.2 Å². The number of fused-ring (bicyclic) bond motifs is 1. The summed E-state index contributed by atoms with van der Waals surface area (Å²) in [5.41, 5.74) is 2.34. The number of hydrogen-bond acceptors (Lipinski definition) is 2. The van der Waals surface area contributed by atoms with Crippen LogP contribution in [-0.2, 0) is 6.54 Å². The molecule has 0 bridgehead atoms. The molecular weight excluding hydrogens is 258 g/mol. The second-order valence-electron chi connectivity index (χ2n) is 5.21. The standard InChI is InChI=1S/C19H19NO/c21-14-19(17-7-2-1-3-8-17)20-13-15-10-11-16-6-4-5-9-18(16)12-15/h1-12,19-21H,13-14H2/t19-/m0/s1. The number of nitrogens with one attached hydrogen (secondary N) is 1. The highest BCUT2D eigenvalue weighted by atomic mass is 16.3. The molecule has 2 N–H and O–H groups in total. The minimum Gasteiger partial charge on any atom is -0.394 e. The summed E-state index contributed by atoms with van der Waals surface area (Å²) in [6.07, 6.45) is 0. The molecule has 0 spiro atoms. The van der Waals surface area contributed by atoms with Crippen molar-refractivity contribution in [3.63, 3.8) is 0 Å². The van der Waals surface area contributed by atoms with Gasteiger partial charge >= 0.3 is 0 Å². The van der Waals surface area contributed by atoms with Crippen LogP contribution in [0.25, 0.3) is 10.8 Å². The molecule has 0 unspecified atom stereocenters. The molecule has 2 nitrogen and oxygen atoms in total. The number of benzene rings is 3. The first kappa shape index (κ1) is 13.8. The Morgan fingerprint density at radius 2 is 1.52 bits per heavy atom. The first-order chi connectivity index (χ1) is 10.4. The monoisotopic (exact) mass is 277 g/mol. The third-order valence-electron chi connectivity index (χ3n) is 3.75. The van der Waals surface area contributed by atoms with E-state index >= 15 is 0 Å². The van der Waals surface area contributed by atoms with Crippen molar-refractivity contribution >= 4 is 10.8 Å². The van der Waals surface area contributed by atoms with E-state index in [1.807, 2.05) is 30.3 Å².